The predicted octanol–water partition coefficient (Wildman–Crippen LogP) is 2.19. The summed E-state index contributed by atoms with van der Waals surface area (Å²) in [6.07, 6.45) is 3.81. The van der Waals surface area contributed by atoms with Crippen molar-refractivity contribution < 1.29 is 9.59 Å². The number of hydrogen-bond acceptors (Lipinski definition) is 3. The average Bonchev–Trinajstić information content (AvgIpc) is 3.18. The number of hydrogen-bond donors (Lipinski definition) is 0. The molecule has 0 atom stereocenters. The molecule has 5 heteroatoms. The van der Waals surface area contributed by atoms with E-state index in [0.717, 1.165) is 64.1 Å². The molecule has 1 aromatic rings. The van der Waals surface area contributed by atoms with Gasteiger partial charge < -0.3 is 9.80 Å². The highest BCUT2D eigenvalue weighted by atomic mass is 16.2. The number of carbonyl (C=O) groups is 2. The number of carbonyl (C=O) groups excluding carboxylic acids is 2. The van der Waals surface area contributed by atoms with Crippen LogP contribution in [-0.4, -0.2) is 72.3 Å². The smallest absolute Gasteiger partial charge is 0.236 e. The second kappa shape index (κ2) is 9.36. The van der Waals surface area contributed by atoms with E-state index in [1.807, 2.05) is 9.80 Å². The van der Waals surface area contributed by atoms with Crippen molar-refractivity contribution in [1.82, 2.24) is 14.7 Å². The lowest BCUT2D eigenvalue weighted by Crippen LogP contribution is -2.51. The van der Waals surface area contributed by atoms with E-state index >= 15 is 0 Å². The molecular weight excluding hydrogens is 338 g/mol. The van der Waals surface area contributed by atoms with E-state index in [0.29, 0.717) is 18.9 Å². The molecule has 3 rings (SSSR count). The number of benzene rings is 1. The lowest BCUT2D eigenvalue weighted by atomic mass is 10.0. The molecule has 2 fully saturated rings. The second-order valence-electron chi connectivity index (χ2n) is 8.34. The van der Waals surface area contributed by atoms with Gasteiger partial charge in [0.15, 0.2) is 0 Å². The Morgan fingerprint density at radius 1 is 0.815 bits per heavy atom. The van der Waals surface area contributed by atoms with E-state index in [-0.39, 0.29) is 11.8 Å². The van der Waals surface area contributed by atoms with Crippen molar-refractivity contribution in [3.63, 3.8) is 0 Å². The molecule has 148 valence electrons. The molecule has 0 radical (unpaired) electrons. The number of rotatable bonds is 6. The van der Waals surface area contributed by atoms with Gasteiger partial charge in [0.1, 0.15) is 0 Å². The summed E-state index contributed by atoms with van der Waals surface area (Å²) in [4.78, 5) is 31.0. The quantitative estimate of drug-likeness (QED) is 0.770. The van der Waals surface area contributed by atoms with Crippen LogP contribution in [0.5, 0.6) is 0 Å². The summed E-state index contributed by atoms with van der Waals surface area (Å²) in [7, 11) is 0. The van der Waals surface area contributed by atoms with Gasteiger partial charge in [-0.05, 0) is 36.3 Å². The molecule has 0 saturated carbocycles. The molecule has 2 saturated heterocycles. The third-order valence-electron chi connectivity index (χ3n) is 5.56. The van der Waals surface area contributed by atoms with E-state index in [4.69, 9.17) is 0 Å². The standard InChI is InChI=1S/C22H33N3O2/c1-18(2)15-19-5-7-20(8-6-19)16-21(26)25-13-11-23(12-14-25)17-22(27)24-9-3-4-10-24/h5-8,18H,3-4,9-17H2,1-2H3. The molecule has 0 unspecified atom stereocenters. The monoisotopic (exact) mass is 371 g/mol. The number of amides is 2. The Hall–Kier alpha value is -1.88. The first kappa shape index (κ1) is 19.9. The molecule has 0 N–H and O–H groups in total. The molecule has 0 bridgehead atoms. The van der Waals surface area contributed by atoms with Crippen LogP contribution in [-0.2, 0) is 22.4 Å². The molecule has 0 aliphatic carbocycles. The number of nitrogens with zero attached hydrogens (tertiary/aromatic N) is 3. The van der Waals surface area contributed by atoms with Crippen LogP contribution in [0.2, 0.25) is 0 Å². The topological polar surface area (TPSA) is 43.9 Å². The molecule has 27 heavy (non-hydrogen) atoms. The number of likely N-dealkylation sites (tertiary alicyclic amines) is 1. The van der Waals surface area contributed by atoms with E-state index < -0.39 is 0 Å². The zero-order valence-electron chi connectivity index (χ0n) is 16.8. The van der Waals surface area contributed by atoms with E-state index in [9.17, 15) is 9.59 Å². The molecule has 5 nitrogen and oxygen atoms in total. The van der Waals surface area contributed by atoms with Crippen LogP contribution in [0, 0.1) is 5.92 Å². The highest BCUT2D eigenvalue weighted by Gasteiger charge is 2.25. The van der Waals surface area contributed by atoms with E-state index in [1.165, 1.54) is 5.56 Å². The van der Waals surface area contributed by atoms with Crippen molar-refractivity contribution >= 4 is 11.8 Å². The highest BCUT2D eigenvalue weighted by molar-refractivity contribution is 5.79. The fourth-order valence-corrected chi connectivity index (χ4v) is 3.96. The zero-order chi connectivity index (χ0) is 19.2. The van der Waals surface area contributed by atoms with Crippen molar-refractivity contribution in [2.24, 2.45) is 5.92 Å². The largest absolute Gasteiger partial charge is 0.342 e. The first-order valence-electron chi connectivity index (χ1n) is 10.4. The van der Waals surface area contributed by atoms with Crippen molar-refractivity contribution in [3.05, 3.63) is 35.4 Å². The predicted molar refractivity (Wildman–Crippen MR) is 108 cm³/mol. The van der Waals surface area contributed by atoms with Crippen LogP contribution in [0.3, 0.4) is 0 Å². The second-order valence-corrected chi connectivity index (χ2v) is 8.34. The fraction of sp³-hybridized carbons (Fsp3) is 0.636. The molecule has 0 spiro atoms. The maximum Gasteiger partial charge on any atom is 0.236 e. The molecule has 2 aliphatic heterocycles. The van der Waals surface area contributed by atoms with Crippen LogP contribution in [0.15, 0.2) is 24.3 Å². The van der Waals surface area contributed by atoms with Crippen LogP contribution >= 0.6 is 0 Å². The van der Waals surface area contributed by atoms with Crippen molar-refractivity contribution in [2.75, 3.05) is 45.8 Å². The van der Waals surface area contributed by atoms with Crippen LogP contribution in [0.4, 0.5) is 0 Å². The molecule has 1 aromatic carbocycles. The van der Waals surface area contributed by atoms with Crippen LogP contribution < -0.4 is 0 Å². The SMILES string of the molecule is CC(C)Cc1ccc(CC(=O)N2CCN(CC(=O)N3CCCC3)CC2)cc1. The van der Waals surface area contributed by atoms with E-state index in [1.54, 1.807) is 0 Å². The van der Waals surface area contributed by atoms with Gasteiger partial charge in [0.05, 0.1) is 13.0 Å². The Labute approximate surface area is 163 Å². The molecule has 0 aromatic heterocycles. The Kier molecular flexibility index (Phi) is 6.89. The van der Waals surface area contributed by atoms with Crippen LogP contribution in [0.25, 0.3) is 0 Å². The summed E-state index contributed by atoms with van der Waals surface area (Å²) in [5.74, 6) is 1.08. The average molecular weight is 372 g/mol. The van der Waals surface area contributed by atoms with Gasteiger partial charge >= 0.3 is 0 Å². The van der Waals surface area contributed by atoms with Crippen molar-refractivity contribution in [2.45, 2.75) is 39.5 Å². The van der Waals surface area contributed by atoms with Crippen LogP contribution in [0.1, 0.15) is 37.8 Å². The molecule has 2 amide bonds. The van der Waals surface area contributed by atoms with E-state index in [2.05, 4.69) is 43.0 Å². The van der Waals surface area contributed by atoms with Gasteiger partial charge in [-0.15, -0.1) is 0 Å². The zero-order valence-corrected chi connectivity index (χ0v) is 16.8. The number of piperazine rings is 1. The van der Waals surface area contributed by atoms with Gasteiger partial charge in [-0.3, -0.25) is 14.5 Å². The molecule has 2 heterocycles. The Morgan fingerprint density at radius 3 is 1.96 bits per heavy atom. The highest BCUT2D eigenvalue weighted by Crippen LogP contribution is 2.13. The molecular formula is C22H33N3O2. The van der Waals surface area contributed by atoms with Gasteiger partial charge in [-0.25, -0.2) is 0 Å². The maximum absolute atomic E-state index is 12.6. The third kappa shape index (κ3) is 5.80. The van der Waals surface area contributed by atoms with Crippen molar-refractivity contribution in [1.29, 1.82) is 0 Å². The van der Waals surface area contributed by atoms with Gasteiger partial charge in [-0.1, -0.05) is 38.1 Å². The third-order valence-corrected chi connectivity index (χ3v) is 5.56. The van der Waals surface area contributed by atoms with Gasteiger partial charge in [0, 0.05) is 39.3 Å². The summed E-state index contributed by atoms with van der Waals surface area (Å²) in [5, 5.41) is 0. The minimum absolute atomic E-state index is 0.192. The van der Waals surface area contributed by atoms with Crippen molar-refractivity contribution in [3.8, 4) is 0 Å². The normalized spacial score (nSPS) is 18.3. The Bertz CT molecular complexity index is 627. The Morgan fingerprint density at radius 2 is 1.37 bits per heavy atom. The lowest BCUT2D eigenvalue weighted by Gasteiger charge is -2.35. The minimum atomic E-state index is 0.192. The summed E-state index contributed by atoms with van der Waals surface area (Å²) in [5.41, 5.74) is 2.41. The summed E-state index contributed by atoms with van der Waals surface area (Å²) >= 11 is 0. The summed E-state index contributed by atoms with van der Waals surface area (Å²) in [6.45, 7) is 9.78. The van der Waals surface area contributed by atoms with Gasteiger partial charge in [0.25, 0.3) is 0 Å². The first-order chi connectivity index (χ1) is 13.0. The first-order valence-corrected chi connectivity index (χ1v) is 10.4. The van der Waals surface area contributed by atoms with Gasteiger partial charge in [0.2, 0.25) is 11.8 Å². The summed E-state index contributed by atoms with van der Waals surface area (Å²) < 4.78 is 0. The maximum atomic E-state index is 12.6. The fourth-order valence-electron chi connectivity index (χ4n) is 3.96. The minimum Gasteiger partial charge on any atom is -0.342 e. The van der Waals surface area contributed by atoms with Gasteiger partial charge in [-0.2, -0.15) is 0 Å². The lowest BCUT2D eigenvalue weighted by molar-refractivity contribution is -0.134. The Balaban J connectivity index is 1.42. The molecule has 2 aliphatic rings. The summed E-state index contributed by atoms with van der Waals surface area (Å²) in [6, 6.07) is 8.45.